The molecule has 0 saturated carbocycles. The van der Waals surface area contributed by atoms with E-state index in [0.717, 1.165) is 5.56 Å². The van der Waals surface area contributed by atoms with Gasteiger partial charge in [-0.25, -0.2) is 14.8 Å². The monoisotopic (exact) mass is 585 g/mol. The molecule has 204 valence electrons. The number of alkyl halides is 3. The number of nitrogens with two attached hydrogens (primary N) is 1. The fourth-order valence-corrected chi connectivity index (χ4v) is 4.70. The number of aryl methyl sites for hydroxylation is 1. The van der Waals surface area contributed by atoms with Gasteiger partial charge in [0.05, 0.1) is 17.8 Å². The van der Waals surface area contributed by atoms with Gasteiger partial charge < -0.3 is 20.0 Å². The molecule has 4 aromatic rings. The number of halogens is 4. The van der Waals surface area contributed by atoms with E-state index < -0.39 is 18.9 Å². The zero-order valence-corrected chi connectivity index (χ0v) is 22.2. The molecule has 0 bridgehead atoms. The molecule has 0 spiro atoms. The highest BCUT2D eigenvalue weighted by Crippen LogP contribution is 2.42. The normalized spacial score (nSPS) is 12.0. The van der Waals surface area contributed by atoms with E-state index in [1.165, 1.54) is 36.0 Å². The lowest BCUT2D eigenvalue weighted by Gasteiger charge is -2.16. The number of benzene rings is 2. The minimum atomic E-state index is -4.81. The third-order valence-electron chi connectivity index (χ3n) is 5.65. The van der Waals surface area contributed by atoms with E-state index in [0.29, 0.717) is 27.9 Å². The van der Waals surface area contributed by atoms with Crippen molar-refractivity contribution in [2.24, 2.45) is 0 Å². The van der Waals surface area contributed by atoms with Gasteiger partial charge in [-0.1, -0.05) is 35.5 Å². The van der Waals surface area contributed by atoms with Crippen LogP contribution in [-0.2, 0) is 5.75 Å². The summed E-state index contributed by atoms with van der Waals surface area (Å²) in [5.41, 5.74) is 8.15. The van der Waals surface area contributed by atoms with Crippen LogP contribution in [0.15, 0.2) is 58.0 Å². The number of hydrogen-bond donors (Lipinski definition) is 2. The molecule has 0 saturated heterocycles. The number of anilines is 1. The second-order valence-corrected chi connectivity index (χ2v) is 9.74. The Kier molecular flexibility index (Phi) is 8.55. The van der Waals surface area contributed by atoms with Crippen molar-refractivity contribution >= 4 is 34.9 Å². The van der Waals surface area contributed by atoms with Gasteiger partial charge >= 0.3 is 6.18 Å². The molecule has 0 radical (unpaired) electrons. The van der Waals surface area contributed by atoms with Gasteiger partial charge in [-0.15, -0.1) is 0 Å². The molecule has 0 aliphatic rings. The van der Waals surface area contributed by atoms with Crippen molar-refractivity contribution in [3.05, 3.63) is 82.0 Å². The molecule has 0 fully saturated rings. The van der Waals surface area contributed by atoms with E-state index in [2.05, 4.69) is 20.9 Å². The van der Waals surface area contributed by atoms with Gasteiger partial charge in [0, 0.05) is 21.9 Å². The molecule has 13 heteroatoms. The number of nitriles is 1. The van der Waals surface area contributed by atoms with Crippen LogP contribution in [0.1, 0.15) is 17.0 Å². The number of nitrogen functional groups attached to an aromatic ring is 1. The van der Waals surface area contributed by atoms with Gasteiger partial charge in [-0.2, -0.15) is 18.4 Å². The average Bonchev–Trinajstić information content (AvgIpc) is 3.30. The molecular weight excluding hydrogens is 567 g/mol. The molecular formula is C27H19ClF3N5O3S. The molecule has 0 aliphatic carbocycles. The van der Waals surface area contributed by atoms with Gasteiger partial charge in [0.15, 0.2) is 6.10 Å². The SMILES string of the molecule is [C-]#[N+]c1c(N)nc(SCc2nc(-c3ccc(Cl)cc3)oc2C)c(C#N)c1-c1ccc(OCC(O)C(F)(F)F)cc1. The van der Waals surface area contributed by atoms with Crippen LogP contribution in [0.25, 0.3) is 27.4 Å². The first-order valence-corrected chi connectivity index (χ1v) is 12.8. The number of thioether (sulfide) groups is 1. The van der Waals surface area contributed by atoms with Crippen LogP contribution in [0.5, 0.6) is 5.75 Å². The van der Waals surface area contributed by atoms with E-state index in [1.54, 1.807) is 31.2 Å². The first kappa shape index (κ1) is 28.8. The lowest BCUT2D eigenvalue weighted by atomic mass is 10.00. The maximum absolute atomic E-state index is 12.5. The number of hydrogen-bond acceptors (Lipinski definition) is 8. The summed E-state index contributed by atoms with van der Waals surface area (Å²) in [6.07, 6.45) is -7.45. The highest BCUT2D eigenvalue weighted by molar-refractivity contribution is 7.98. The summed E-state index contributed by atoms with van der Waals surface area (Å²) in [5.74, 6) is 1.25. The van der Waals surface area contributed by atoms with E-state index in [4.69, 9.17) is 38.2 Å². The van der Waals surface area contributed by atoms with Crippen LogP contribution in [0.4, 0.5) is 24.7 Å². The lowest BCUT2D eigenvalue weighted by Crippen LogP contribution is -2.34. The summed E-state index contributed by atoms with van der Waals surface area (Å²) in [6, 6.07) is 14.8. The molecule has 2 aromatic carbocycles. The van der Waals surface area contributed by atoms with Crippen LogP contribution in [0.3, 0.4) is 0 Å². The molecule has 1 atom stereocenters. The van der Waals surface area contributed by atoms with Crippen molar-refractivity contribution in [2.75, 3.05) is 12.3 Å². The van der Waals surface area contributed by atoms with Gasteiger partial charge in [0.2, 0.25) is 11.6 Å². The average molecular weight is 586 g/mol. The Hall–Kier alpha value is -4.23. The Morgan fingerprint density at radius 2 is 1.82 bits per heavy atom. The van der Waals surface area contributed by atoms with Gasteiger partial charge in [0.25, 0.3) is 0 Å². The van der Waals surface area contributed by atoms with Crippen LogP contribution < -0.4 is 10.5 Å². The largest absolute Gasteiger partial charge is 0.491 e. The Bertz CT molecular complexity index is 1610. The second-order valence-electron chi connectivity index (χ2n) is 8.33. The minimum absolute atomic E-state index is 0.0373. The zero-order chi connectivity index (χ0) is 29.0. The molecule has 4 rings (SSSR count). The number of ether oxygens (including phenoxy) is 1. The fourth-order valence-electron chi connectivity index (χ4n) is 3.58. The lowest BCUT2D eigenvalue weighted by molar-refractivity contribution is -0.210. The number of oxazole rings is 1. The maximum atomic E-state index is 12.5. The maximum Gasteiger partial charge on any atom is 0.417 e. The third kappa shape index (κ3) is 6.32. The molecule has 2 aromatic heterocycles. The van der Waals surface area contributed by atoms with E-state index >= 15 is 0 Å². The van der Waals surface area contributed by atoms with Crippen molar-refractivity contribution in [3.63, 3.8) is 0 Å². The first-order chi connectivity index (χ1) is 19.0. The Morgan fingerprint density at radius 3 is 2.42 bits per heavy atom. The molecule has 40 heavy (non-hydrogen) atoms. The Labute approximate surface area is 236 Å². The summed E-state index contributed by atoms with van der Waals surface area (Å²) in [5, 5.41) is 20.0. The van der Waals surface area contributed by atoms with Crippen molar-refractivity contribution in [2.45, 2.75) is 30.0 Å². The number of aromatic nitrogens is 2. The van der Waals surface area contributed by atoms with Crippen LogP contribution in [-0.4, -0.2) is 34.0 Å². The van der Waals surface area contributed by atoms with Crippen molar-refractivity contribution in [1.29, 1.82) is 5.26 Å². The summed E-state index contributed by atoms with van der Waals surface area (Å²) < 4.78 is 48.5. The number of nitrogens with zero attached hydrogens (tertiary/aromatic N) is 4. The highest BCUT2D eigenvalue weighted by atomic mass is 35.5. The number of rotatable bonds is 8. The second kappa shape index (κ2) is 11.9. The van der Waals surface area contributed by atoms with E-state index in [-0.39, 0.29) is 39.2 Å². The predicted octanol–water partition coefficient (Wildman–Crippen LogP) is 6.96. The summed E-state index contributed by atoms with van der Waals surface area (Å²) >= 11 is 7.14. The minimum Gasteiger partial charge on any atom is -0.491 e. The summed E-state index contributed by atoms with van der Waals surface area (Å²) in [7, 11) is 0. The van der Waals surface area contributed by atoms with Gasteiger partial charge in [0.1, 0.15) is 35.0 Å². The fraction of sp³-hybridized carbons (Fsp3) is 0.185. The number of aliphatic hydroxyl groups is 1. The van der Waals surface area contributed by atoms with Crippen molar-refractivity contribution in [3.8, 4) is 34.4 Å². The standard InChI is InChI=1S/C27H19ClF3N5O3S/c1-14-20(35-25(39-14)16-3-7-17(28)8-4-16)13-40-26-19(11-32)22(23(34-2)24(33)36-26)15-5-9-18(10-6-15)38-12-21(37)27(29,30)31/h3-10,21,37H,12-13H2,1H3,(H2,33,36). The molecule has 1 unspecified atom stereocenters. The zero-order valence-electron chi connectivity index (χ0n) is 20.7. The van der Waals surface area contributed by atoms with Gasteiger partial charge in [-0.05, 0) is 48.9 Å². The number of aliphatic hydroxyl groups excluding tert-OH is 1. The highest BCUT2D eigenvalue weighted by Gasteiger charge is 2.38. The summed E-state index contributed by atoms with van der Waals surface area (Å²) in [6.45, 7) is 8.37. The first-order valence-electron chi connectivity index (χ1n) is 11.5. The topological polar surface area (TPSA) is 123 Å². The van der Waals surface area contributed by atoms with Crippen LogP contribution >= 0.6 is 23.4 Å². The van der Waals surface area contributed by atoms with Gasteiger partial charge in [-0.3, -0.25) is 0 Å². The van der Waals surface area contributed by atoms with Crippen molar-refractivity contribution < 1.29 is 27.4 Å². The number of pyridine rings is 1. The molecule has 3 N–H and O–H groups in total. The predicted molar refractivity (Wildman–Crippen MR) is 144 cm³/mol. The smallest absolute Gasteiger partial charge is 0.417 e. The molecule has 0 aliphatic heterocycles. The quantitative estimate of drug-likeness (QED) is 0.168. The van der Waals surface area contributed by atoms with Crippen molar-refractivity contribution in [1.82, 2.24) is 9.97 Å². The van der Waals surface area contributed by atoms with E-state index in [9.17, 15) is 18.4 Å². The third-order valence-corrected chi connectivity index (χ3v) is 6.89. The van der Waals surface area contributed by atoms with Crippen LogP contribution in [0, 0.1) is 24.8 Å². The molecule has 8 nitrogen and oxygen atoms in total. The Morgan fingerprint density at radius 1 is 1.18 bits per heavy atom. The Balaban J connectivity index is 1.61. The molecule has 2 heterocycles. The van der Waals surface area contributed by atoms with Crippen LogP contribution in [0.2, 0.25) is 5.02 Å². The summed E-state index contributed by atoms with van der Waals surface area (Å²) in [4.78, 5) is 12.3. The molecule has 0 amide bonds. The van der Waals surface area contributed by atoms with E-state index in [1.807, 2.05) is 0 Å².